The first-order valence-electron chi connectivity index (χ1n) is 9.00. The van der Waals surface area contributed by atoms with E-state index in [9.17, 15) is 0 Å². The van der Waals surface area contributed by atoms with E-state index in [4.69, 9.17) is 0 Å². The van der Waals surface area contributed by atoms with E-state index < -0.39 is 0 Å². The highest BCUT2D eigenvalue weighted by Gasteiger charge is 2.55. The fourth-order valence-electron chi connectivity index (χ4n) is 4.40. The fourth-order valence-corrected chi connectivity index (χ4v) is 4.40. The minimum atomic E-state index is 0.484. The average molecular weight is 331 g/mol. The first-order valence-corrected chi connectivity index (χ1v) is 9.00. The van der Waals surface area contributed by atoms with Crippen molar-refractivity contribution in [2.45, 2.75) is 25.2 Å². The minimum Gasteiger partial charge on any atom is -0.317 e. The molecule has 1 saturated heterocycles. The smallest absolute Gasteiger partial charge is 0.204 e. The number of tetrazole rings is 1. The van der Waals surface area contributed by atoms with Crippen LogP contribution in [0.1, 0.15) is 30.7 Å². The van der Waals surface area contributed by atoms with Crippen molar-refractivity contribution in [3.8, 4) is 22.5 Å². The summed E-state index contributed by atoms with van der Waals surface area (Å²) in [4.78, 5) is 0. The summed E-state index contributed by atoms with van der Waals surface area (Å²) in [6.45, 7) is 2.27. The number of benzene rings is 2. The largest absolute Gasteiger partial charge is 0.317 e. The fraction of sp³-hybridized carbons (Fsp3) is 0.350. The van der Waals surface area contributed by atoms with Crippen molar-refractivity contribution >= 4 is 0 Å². The van der Waals surface area contributed by atoms with Crippen LogP contribution in [0.3, 0.4) is 0 Å². The summed E-state index contributed by atoms with van der Waals surface area (Å²) < 4.78 is 0. The summed E-state index contributed by atoms with van der Waals surface area (Å²) in [5.74, 6) is 1.32. The number of aromatic amines is 1. The molecule has 1 saturated carbocycles. The lowest BCUT2D eigenvalue weighted by Gasteiger charge is -2.24. The number of hydrogen-bond acceptors (Lipinski definition) is 4. The third kappa shape index (κ3) is 2.55. The van der Waals surface area contributed by atoms with E-state index in [2.05, 4.69) is 68.4 Å². The molecule has 5 heteroatoms. The Morgan fingerprint density at radius 3 is 2.56 bits per heavy atom. The Kier molecular flexibility index (Phi) is 3.41. The predicted octanol–water partition coefficient (Wildman–Crippen LogP) is 3.39. The molecule has 126 valence electrons. The highest BCUT2D eigenvalue weighted by molar-refractivity contribution is 5.73. The van der Waals surface area contributed by atoms with Gasteiger partial charge in [0.1, 0.15) is 0 Å². The number of aromatic nitrogens is 4. The number of nitrogens with zero attached hydrogens (tertiary/aromatic N) is 3. The van der Waals surface area contributed by atoms with E-state index in [-0.39, 0.29) is 0 Å². The Balaban J connectivity index is 1.57. The van der Waals surface area contributed by atoms with Crippen LogP contribution in [0.5, 0.6) is 0 Å². The van der Waals surface area contributed by atoms with Gasteiger partial charge in [0.05, 0.1) is 0 Å². The van der Waals surface area contributed by atoms with Crippen molar-refractivity contribution in [2.75, 3.05) is 13.1 Å². The van der Waals surface area contributed by atoms with Crippen LogP contribution >= 0.6 is 0 Å². The molecule has 1 aliphatic carbocycles. The molecule has 1 atom stereocenters. The van der Waals surface area contributed by atoms with E-state index in [1.165, 1.54) is 36.0 Å². The lowest BCUT2D eigenvalue weighted by molar-refractivity contribution is 0.342. The van der Waals surface area contributed by atoms with E-state index in [1.807, 2.05) is 6.07 Å². The molecule has 5 rings (SSSR count). The third-order valence-corrected chi connectivity index (χ3v) is 5.91. The van der Waals surface area contributed by atoms with Crippen molar-refractivity contribution in [1.29, 1.82) is 0 Å². The van der Waals surface area contributed by atoms with Gasteiger partial charge in [-0.1, -0.05) is 42.5 Å². The van der Waals surface area contributed by atoms with Gasteiger partial charge >= 0.3 is 0 Å². The van der Waals surface area contributed by atoms with Gasteiger partial charge in [-0.15, -0.1) is 10.2 Å². The molecule has 2 aromatic carbocycles. The van der Waals surface area contributed by atoms with E-state index in [1.54, 1.807) is 0 Å². The molecule has 0 radical (unpaired) electrons. The van der Waals surface area contributed by atoms with Crippen LogP contribution in [0.15, 0.2) is 48.5 Å². The van der Waals surface area contributed by atoms with Gasteiger partial charge in [0.25, 0.3) is 0 Å². The average Bonchev–Trinajstić information content (AvgIpc) is 3.10. The van der Waals surface area contributed by atoms with Crippen LogP contribution in [-0.2, 0) is 0 Å². The standard InChI is InChI=1S/C20H21N5/c1-2-4-14(5-3-1)15-6-7-16(17(12-15)19-22-24-25-23-19)18-13-20(18)8-10-21-11-9-20/h1-7,12,18,21H,8-11,13H2,(H,22,23,24,25). The highest BCUT2D eigenvalue weighted by Crippen LogP contribution is 2.65. The first kappa shape index (κ1) is 14.8. The molecule has 3 aromatic rings. The van der Waals surface area contributed by atoms with Gasteiger partial charge in [-0.2, -0.15) is 5.21 Å². The summed E-state index contributed by atoms with van der Waals surface area (Å²) in [6.07, 6.45) is 3.82. The maximum Gasteiger partial charge on any atom is 0.204 e. The molecule has 2 N–H and O–H groups in total. The summed E-state index contributed by atoms with van der Waals surface area (Å²) in [5, 5.41) is 18.4. The van der Waals surface area contributed by atoms with Gasteiger partial charge < -0.3 is 5.32 Å². The molecule has 1 aliphatic heterocycles. The number of H-pyrrole nitrogens is 1. The monoisotopic (exact) mass is 331 g/mol. The maximum absolute atomic E-state index is 4.27. The molecule has 0 bridgehead atoms. The number of hydrogen-bond donors (Lipinski definition) is 2. The molecular weight excluding hydrogens is 310 g/mol. The number of rotatable bonds is 3. The van der Waals surface area contributed by atoms with Crippen LogP contribution in [-0.4, -0.2) is 33.7 Å². The molecule has 2 heterocycles. The Morgan fingerprint density at radius 1 is 0.960 bits per heavy atom. The Hall–Kier alpha value is -2.53. The van der Waals surface area contributed by atoms with E-state index in [0.717, 1.165) is 18.7 Å². The normalized spacial score (nSPS) is 21.4. The molecule has 2 fully saturated rings. The second-order valence-corrected chi connectivity index (χ2v) is 7.27. The van der Waals surface area contributed by atoms with Gasteiger partial charge in [0, 0.05) is 5.56 Å². The van der Waals surface area contributed by atoms with Crippen molar-refractivity contribution < 1.29 is 0 Å². The lowest BCUT2D eigenvalue weighted by atomic mass is 9.87. The predicted molar refractivity (Wildman–Crippen MR) is 96.9 cm³/mol. The summed E-state index contributed by atoms with van der Waals surface area (Å²) in [5.41, 5.74) is 5.40. The second-order valence-electron chi connectivity index (χ2n) is 7.27. The summed E-state index contributed by atoms with van der Waals surface area (Å²) in [7, 11) is 0. The van der Waals surface area contributed by atoms with Crippen molar-refractivity contribution in [2.24, 2.45) is 5.41 Å². The zero-order valence-corrected chi connectivity index (χ0v) is 14.1. The van der Waals surface area contributed by atoms with Gasteiger partial charge in [-0.05, 0) is 71.7 Å². The SMILES string of the molecule is c1ccc(-c2ccc(C3CC34CCNCC4)c(-c3nn[nH]n3)c2)cc1. The Morgan fingerprint density at radius 2 is 1.80 bits per heavy atom. The second kappa shape index (κ2) is 5.77. The lowest BCUT2D eigenvalue weighted by Crippen LogP contribution is -2.29. The Labute approximate surface area is 146 Å². The molecular formula is C20H21N5. The van der Waals surface area contributed by atoms with Gasteiger partial charge in [-0.25, -0.2) is 0 Å². The molecule has 1 spiro atoms. The summed E-state index contributed by atoms with van der Waals surface area (Å²) >= 11 is 0. The zero-order valence-electron chi connectivity index (χ0n) is 14.1. The van der Waals surface area contributed by atoms with E-state index in [0.29, 0.717) is 17.2 Å². The number of piperidine rings is 1. The molecule has 2 aliphatic rings. The summed E-state index contributed by atoms with van der Waals surface area (Å²) in [6, 6.07) is 17.2. The van der Waals surface area contributed by atoms with Gasteiger partial charge in [0.15, 0.2) is 0 Å². The topological polar surface area (TPSA) is 66.5 Å². The molecule has 0 amide bonds. The minimum absolute atomic E-state index is 0.484. The van der Waals surface area contributed by atoms with Crippen molar-refractivity contribution in [3.63, 3.8) is 0 Å². The molecule has 25 heavy (non-hydrogen) atoms. The third-order valence-electron chi connectivity index (χ3n) is 5.91. The van der Waals surface area contributed by atoms with Crippen LogP contribution in [0, 0.1) is 5.41 Å². The van der Waals surface area contributed by atoms with Crippen LogP contribution in [0.2, 0.25) is 0 Å². The molecule has 5 nitrogen and oxygen atoms in total. The zero-order chi connectivity index (χ0) is 16.7. The molecule has 1 aromatic heterocycles. The van der Waals surface area contributed by atoms with Gasteiger partial charge in [-0.3, -0.25) is 0 Å². The van der Waals surface area contributed by atoms with Crippen LogP contribution in [0.25, 0.3) is 22.5 Å². The highest BCUT2D eigenvalue weighted by atomic mass is 15.5. The maximum atomic E-state index is 4.27. The van der Waals surface area contributed by atoms with Gasteiger partial charge in [0.2, 0.25) is 5.82 Å². The Bertz CT molecular complexity index is 866. The molecule has 1 unspecified atom stereocenters. The van der Waals surface area contributed by atoms with Crippen molar-refractivity contribution in [3.05, 3.63) is 54.1 Å². The quantitative estimate of drug-likeness (QED) is 0.772. The van der Waals surface area contributed by atoms with E-state index >= 15 is 0 Å². The van der Waals surface area contributed by atoms with Crippen molar-refractivity contribution in [1.82, 2.24) is 25.9 Å². The first-order chi connectivity index (χ1) is 12.4. The van der Waals surface area contributed by atoms with Crippen LogP contribution in [0.4, 0.5) is 0 Å². The van der Waals surface area contributed by atoms with Crippen LogP contribution < -0.4 is 5.32 Å². The number of nitrogens with one attached hydrogen (secondary N) is 2.